The van der Waals surface area contributed by atoms with Crippen LogP contribution in [-0.2, 0) is 13.2 Å². The SMILES string of the molecule is O=C(c1ccc(OCc2ccccc2)cc1)N(CCCNc1cc(=O)oc2ccccc12)Cc1ccccc1. The Balaban J connectivity index is 1.23. The zero-order valence-electron chi connectivity index (χ0n) is 21.6. The summed E-state index contributed by atoms with van der Waals surface area (Å²) in [5.41, 5.74) is 3.64. The highest BCUT2D eigenvalue weighted by molar-refractivity contribution is 5.94. The van der Waals surface area contributed by atoms with Crippen molar-refractivity contribution in [2.75, 3.05) is 18.4 Å². The Hall–Kier alpha value is -4.84. The Labute approximate surface area is 227 Å². The summed E-state index contributed by atoms with van der Waals surface area (Å²) < 4.78 is 11.2. The maximum atomic E-state index is 13.5. The number of anilines is 1. The van der Waals surface area contributed by atoms with Crippen LogP contribution in [0.1, 0.15) is 27.9 Å². The van der Waals surface area contributed by atoms with Gasteiger partial charge in [0, 0.05) is 36.7 Å². The first-order valence-electron chi connectivity index (χ1n) is 13.0. The van der Waals surface area contributed by atoms with Gasteiger partial charge in [-0.2, -0.15) is 0 Å². The summed E-state index contributed by atoms with van der Waals surface area (Å²) in [6.45, 7) is 2.12. The van der Waals surface area contributed by atoms with Crippen molar-refractivity contribution in [2.24, 2.45) is 0 Å². The molecule has 0 aliphatic heterocycles. The number of nitrogens with one attached hydrogen (secondary N) is 1. The third kappa shape index (κ3) is 6.93. The second-order valence-corrected chi connectivity index (χ2v) is 9.27. The van der Waals surface area contributed by atoms with Gasteiger partial charge in [0.15, 0.2) is 0 Å². The molecule has 0 spiro atoms. The molecule has 5 aromatic rings. The number of carbonyl (C=O) groups is 1. The monoisotopic (exact) mass is 518 g/mol. The van der Waals surface area contributed by atoms with Gasteiger partial charge in [0.05, 0.1) is 5.69 Å². The van der Waals surface area contributed by atoms with Crippen molar-refractivity contribution in [3.8, 4) is 5.75 Å². The van der Waals surface area contributed by atoms with Crippen LogP contribution < -0.4 is 15.7 Å². The lowest BCUT2D eigenvalue weighted by Crippen LogP contribution is -2.32. The Bertz CT molecular complexity index is 1570. The van der Waals surface area contributed by atoms with E-state index in [9.17, 15) is 9.59 Å². The first kappa shape index (κ1) is 25.8. The highest BCUT2D eigenvalue weighted by atomic mass is 16.5. The minimum atomic E-state index is -0.395. The molecule has 6 nitrogen and oxygen atoms in total. The molecule has 0 aliphatic carbocycles. The molecular weight excluding hydrogens is 488 g/mol. The second kappa shape index (κ2) is 12.6. The van der Waals surface area contributed by atoms with Crippen LogP contribution in [0.5, 0.6) is 5.75 Å². The van der Waals surface area contributed by atoms with Crippen molar-refractivity contribution >= 4 is 22.6 Å². The quantitative estimate of drug-likeness (QED) is 0.159. The number of carbonyl (C=O) groups excluding carboxylic acids is 1. The summed E-state index contributed by atoms with van der Waals surface area (Å²) in [6.07, 6.45) is 0.700. The van der Waals surface area contributed by atoms with Gasteiger partial charge in [-0.25, -0.2) is 4.79 Å². The second-order valence-electron chi connectivity index (χ2n) is 9.27. The van der Waals surface area contributed by atoms with Crippen molar-refractivity contribution in [1.29, 1.82) is 0 Å². The zero-order valence-corrected chi connectivity index (χ0v) is 21.6. The molecule has 4 aromatic carbocycles. The molecule has 0 bridgehead atoms. The largest absolute Gasteiger partial charge is 0.489 e. The molecule has 196 valence electrons. The summed E-state index contributed by atoms with van der Waals surface area (Å²) in [5.74, 6) is 0.674. The number of rotatable bonds is 11. The van der Waals surface area contributed by atoms with E-state index in [-0.39, 0.29) is 5.91 Å². The molecular formula is C33H30N2O4. The molecule has 1 aromatic heterocycles. The predicted octanol–water partition coefficient (Wildman–Crippen LogP) is 6.52. The molecule has 6 heteroatoms. The maximum Gasteiger partial charge on any atom is 0.338 e. The average Bonchev–Trinajstić information content (AvgIpc) is 2.98. The number of benzene rings is 4. The first-order valence-corrected chi connectivity index (χ1v) is 13.0. The van der Waals surface area contributed by atoms with Crippen molar-refractivity contribution in [3.63, 3.8) is 0 Å². The van der Waals surface area contributed by atoms with Gasteiger partial charge >= 0.3 is 5.63 Å². The van der Waals surface area contributed by atoms with Crippen LogP contribution in [0, 0.1) is 0 Å². The lowest BCUT2D eigenvalue weighted by atomic mass is 10.1. The van der Waals surface area contributed by atoms with E-state index in [1.54, 1.807) is 6.07 Å². The Morgan fingerprint density at radius 1 is 0.795 bits per heavy atom. The molecule has 39 heavy (non-hydrogen) atoms. The van der Waals surface area contributed by atoms with Crippen LogP contribution in [0.2, 0.25) is 0 Å². The van der Waals surface area contributed by atoms with E-state index < -0.39 is 5.63 Å². The number of para-hydroxylation sites is 1. The fourth-order valence-corrected chi connectivity index (χ4v) is 4.42. The van der Waals surface area contributed by atoms with E-state index in [4.69, 9.17) is 9.15 Å². The van der Waals surface area contributed by atoms with Gasteiger partial charge < -0.3 is 19.4 Å². The summed E-state index contributed by atoms with van der Waals surface area (Å²) in [6, 6.07) is 36.2. The third-order valence-electron chi connectivity index (χ3n) is 6.42. The number of hydrogen-bond acceptors (Lipinski definition) is 5. The minimum Gasteiger partial charge on any atom is -0.489 e. The number of amides is 1. The van der Waals surface area contributed by atoms with Gasteiger partial charge in [-0.3, -0.25) is 4.79 Å². The highest BCUT2D eigenvalue weighted by Gasteiger charge is 2.16. The molecule has 0 fully saturated rings. The van der Waals surface area contributed by atoms with Gasteiger partial charge in [0.25, 0.3) is 5.91 Å². The summed E-state index contributed by atoms with van der Waals surface area (Å²) in [7, 11) is 0. The van der Waals surface area contributed by atoms with Gasteiger partial charge in [-0.1, -0.05) is 72.8 Å². The number of fused-ring (bicyclic) bond motifs is 1. The van der Waals surface area contributed by atoms with E-state index in [1.807, 2.05) is 108 Å². The fraction of sp³-hybridized carbons (Fsp3) is 0.152. The zero-order chi connectivity index (χ0) is 26.9. The highest BCUT2D eigenvalue weighted by Crippen LogP contribution is 2.21. The van der Waals surface area contributed by atoms with Gasteiger partial charge in [-0.05, 0) is 53.9 Å². The normalized spacial score (nSPS) is 10.8. The van der Waals surface area contributed by atoms with Crippen molar-refractivity contribution in [2.45, 2.75) is 19.6 Å². The average molecular weight is 519 g/mol. The lowest BCUT2D eigenvalue weighted by Gasteiger charge is -2.23. The van der Waals surface area contributed by atoms with Crippen LogP contribution >= 0.6 is 0 Å². The van der Waals surface area contributed by atoms with E-state index in [2.05, 4.69) is 5.32 Å². The molecule has 5 rings (SSSR count). The Morgan fingerprint density at radius 2 is 1.46 bits per heavy atom. The summed E-state index contributed by atoms with van der Waals surface area (Å²) >= 11 is 0. The van der Waals surface area contributed by atoms with Gasteiger partial charge in [0.1, 0.15) is 17.9 Å². The Morgan fingerprint density at radius 3 is 2.21 bits per heavy atom. The molecule has 0 atom stereocenters. The van der Waals surface area contributed by atoms with Gasteiger partial charge in [0.2, 0.25) is 0 Å². The number of ether oxygens (including phenoxy) is 1. The molecule has 0 radical (unpaired) electrons. The number of nitrogens with zero attached hydrogens (tertiary/aromatic N) is 1. The Kier molecular flexibility index (Phi) is 8.34. The van der Waals surface area contributed by atoms with E-state index in [0.29, 0.717) is 49.6 Å². The van der Waals surface area contributed by atoms with Crippen LogP contribution in [-0.4, -0.2) is 23.9 Å². The van der Waals surface area contributed by atoms with Gasteiger partial charge in [-0.15, -0.1) is 0 Å². The summed E-state index contributed by atoms with van der Waals surface area (Å²) in [5, 5.41) is 4.20. The standard InChI is InChI=1S/C33H30N2O4/c36-32-22-30(29-14-7-8-15-31(29)39-32)34-20-9-21-35(23-25-10-3-1-4-11-25)33(37)27-16-18-28(19-17-27)38-24-26-12-5-2-6-13-26/h1-8,10-19,22,34H,9,20-21,23-24H2. The topological polar surface area (TPSA) is 71.8 Å². The molecule has 1 N–H and O–H groups in total. The minimum absolute atomic E-state index is 0.0423. The molecule has 0 saturated heterocycles. The van der Waals surface area contributed by atoms with Crippen LogP contribution in [0.4, 0.5) is 5.69 Å². The van der Waals surface area contributed by atoms with Crippen molar-refractivity contribution in [1.82, 2.24) is 4.90 Å². The van der Waals surface area contributed by atoms with Crippen molar-refractivity contribution in [3.05, 3.63) is 142 Å². The maximum absolute atomic E-state index is 13.5. The van der Waals surface area contributed by atoms with Crippen LogP contribution in [0.15, 0.2) is 124 Å². The van der Waals surface area contributed by atoms with Crippen molar-refractivity contribution < 1.29 is 13.9 Å². The van der Waals surface area contributed by atoms with Crippen LogP contribution in [0.25, 0.3) is 11.0 Å². The lowest BCUT2D eigenvalue weighted by molar-refractivity contribution is 0.0742. The van der Waals surface area contributed by atoms with E-state index in [1.165, 1.54) is 6.07 Å². The summed E-state index contributed by atoms with van der Waals surface area (Å²) in [4.78, 5) is 27.4. The number of hydrogen-bond donors (Lipinski definition) is 1. The first-order chi connectivity index (χ1) is 19.2. The molecule has 0 saturated carbocycles. The molecule has 0 unspecified atom stereocenters. The van der Waals surface area contributed by atoms with Crippen LogP contribution in [0.3, 0.4) is 0 Å². The molecule has 0 aliphatic rings. The van der Waals surface area contributed by atoms with E-state index >= 15 is 0 Å². The third-order valence-corrected chi connectivity index (χ3v) is 6.42. The predicted molar refractivity (Wildman–Crippen MR) is 154 cm³/mol. The molecule has 1 heterocycles. The smallest absolute Gasteiger partial charge is 0.338 e. The molecule has 1 amide bonds. The fourth-order valence-electron chi connectivity index (χ4n) is 4.42. The van der Waals surface area contributed by atoms with E-state index in [0.717, 1.165) is 22.2 Å².